The van der Waals surface area contributed by atoms with Gasteiger partial charge in [-0.1, -0.05) is 51.0 Å². The Kier molecular flexibility index (Phi) is 13.0. The lowest BCUT2D eigenvalue weighted by Crippen LogP contribution is -2.28. The first-order valence-corrected chi connectivity index (χ1v) is 14.4. The summed E-state index contributed by atoms with van der Waals surface area (Å²) in [4.78, 5) is 50.4. The number of hydrogen-bond donors (Lipinski definition) is 0. The minimum absolute atomic E-state index is 0.0494. The first-order chi connectivity index (χ1) is 19.4. The highest BCUT2D eigenvalue weighted by molar-refractivity contribution is 5.94. The third kappa shape index (κ3) is 11.8. The Labute approximate surface area is 243 Å². The molecule has 0 aliphatic rings. The number of carbonyl (C=O) groups is 4. The molecule has 0 unspecified atom stereocenters. The van der Waals surface area contributed by atoms with E-state index in [-0.39, 0.29) is 35.5 Å². The van der Waals surface area contributed by atoms with Crippen molar-refractivity contribution in [1.29, 1.82) is 0 Å². The molecule has 0 atom stereocenters. The van der Waals surface area contributed by atoms with Gasteiger partial charge in [-0.15, -0.1) is 0 Å². The maximum atomic E-state index is 12.8. The van der Waals surface area contributed by atoms with Crippen molar-refractivity contribution in [2.75, 3.05) is 0 Å². The van der Waals surface area contributed by atoms with E-state index < -0.39 is 35.1 Å². The lowest BCUT2D eigenvalue weighted by atomic mass is 10.0. The molecular weight excluding hydrogens is 524 g/mol. The van der Waals surface area contributed by atoms with E-state index in [4.69, 9.17) is 18.9 Å². The van der Waals surface area contributed by atoms with Gasteiger partial charge in [0.1, 0.15) is 33.8 Å². The summed E-state index contributed by atoms with van der Waals surface area (Å²) in [5.41, 5.74) is -0.904. The number of ether oxygens (including phenoxy) is 4. The van der Waals surface area contributed by atoms with Crippen LogP contribution in [-0.4, -0.2) is 35.1 Å². The summed E-state index contributed by atoms with van der Waals surface area (Å²) in [6.45, 7) is 11.5. The number of unbranched alkanes of at least 4 members (excludes halogenated alkanes) is 2. The molecule has 0 fully saturated rings. The molecule has 8 nitrogen and oxygen atoms in total. The smallest absolute Gasteiger partial charge is 0.342 e. The Balaban J connectivity index is 1.86. The SMILES string of the molecule is CCCCC(C)(C)OC(=O)c1ccccc1OC(=O)CCCCC(=O)Oc1ccccc1C(=O)OC(C)(C)CCC. The molecule has 0 bridgehead atoms. The van der Waals surface area contributed by atoms with Gasteiger partial charge in [0, 0.05) is 12.8 Å². The molecule has 224 valence electrons. The Morgan fingerprint density at radius 1 is 0.585 bits per heavy atom. The predicted molar refractivity (Wildman–Crippen MR) is 156 cm³/mol. The van der Waals surface area contributed by atoms with Crippen LogP contribution in [0.25, 0.3) is 0 Å². The predicted octanol–water partition coefficient (Wildman–Crippen LogP) is 7.62. The molecule has 0 saturated heterocycles. The van der Waals surface area contributed by atoms with Crippen molar-refractivity contribution < 1.29 is 38.1 Å². The van der Waals surface area contributed by atoms with Crippen LogP contribution in [-0.2, 0) is 19.1 Å². The second kappa shape index (κ2) is 15.9. The minimum atomic E-state index is -0.635. The zero-order valence-corrected chi connectivity index (χ0v) is 25.2. The Bertz CT molecular complexity index is 1180. The van der Waals surface area contributed by atoms with Crippen LogP contribution >= 0.6 is 0 Å². The van der Waals surface area contributed by atoms with Crippen LogP contribution in [0.4, 0.5) is 0 Å². The van der Waals surface area contributed by atoms with Crippen molar-refractivity contribution in [3.05, 3.63) is 59.7 Å². The van der Waals surface area contributed by atoms with Crippen molar-refractivity contribution in [3.63, 3.8) is 0 Å². The summed E-state index contributed by atoms with van der Waals surface area (Å²) < 4.78 is 22.2. The molecule has 0 saturated carbocycles. The standard InChI is InChI=1S/C33H44O8/c1-7-9-23-33(5,6)41-31(37)25-17-11-13-19-27(25)39-29(35)21-15-14-20-28(34)38-26-18-12-10-16-24(26)30(36)40-32(3,4)22-8-2/h10-13,16-19H,7-9,14-15,20-23H2,1-6H3. The van der Waals surface area contributed by atoms with Gasteiger partial charge in [0.15, 0.2) is 0 Å². The summed E-state index contributed by atoms with van der Waals surface area (Å²) >= 11 is 0. The molecule has 2 aromatic rings. The molecule has 0 heterocycles. The van der Waals surface area contributed by atoms with Crippen LogP contribution < -0.4 is 9.47 Å². The van der Waals surface area contributed by atoms with Crippen molar-refractivity contribution in [2.45, 2.75) is 111 Å². The Hall–Kier alpha value is -3.68. The summed E-state index contributed by atoms with van der Waals surface area (Å²) in [6, 6.07) is 12.9. The third-order valence-corrected chi connectivity index (χ3v) is 6.40. The molecule has 8 heteroatoms. The zero-order valence-electron chi connectivity index (χ0n) is 25.2. The van der Waals surface area contributed by atoms with Crippen LogP contribution in [0.5, 0.6) is 11.5 Å². The second-order valence-corrected chi connectivity index (χ2v) is 11.3. The van der Waals surface area contributed by atoms with E-state index in [1.807, 2.05) is 34.6 Å². The molecule has 0 radical (unpaired) electrons. The van der Waals surface area contributed by atoms with Gasteiger partial charge in [-0.3, -0.25) is 9.59 Å². The fraction of sp³-hybridized carbons (Fsp3) is 0.515. The Morgan fingerprint density at radius 2 is 1.00 bits per heavy atom. The number of esters is 4. The molecule has 2 aromatic carbocycles. The van der Waals surface area contributed by atoms with E-state index in [2.05, 4.69) is 6.92 Å². The molecule has 0 aliphatic carbocycles. The van der Waals surface area contributed by atoms with E-state index in [0.29, 0.717) is 19.3 Å². The van der Waals surface area contributed by atoms with Crippen LogP contribution in [0.15, 0.2) is 48.5 Å². The average Bonchev–Trinajstić information content (AvgIpc) is 2.90. The number of hydrogen-bond acceptors (Lipinski definition) is 8. The number of rotatable bonds is 16. The minimum Gasteiger partial charge on any atom is -0.456 e. The van der Waals surface area contributed by atoms with Crippen molar-refractivity contribution in [1.82, 2.24) is 0 Å². The van der Waals surface area contributed by atoms with Crippen molar-refractivity contribution >= 4 is 23.9 Å². The largest absolute Gasteiger partial charge is 0.456 e. The van der Waals surface area contributed by atoms with Crippen molar-refractivity contribution in [2.24, 2.45) is 0 Å². The average molecular weight is 569 g/mol. The summed E-state index contributed by atoms with van der Waals surface area (Å²) in [5.74, 6) is -1.87. The number of carbonyl (C=O) groups excluding carboxylic acids is 4. The highest BCUT2D eigenvalue weighted by atomic mass is 16.6. The fourth-order valence-corrected chi connectivity index (χ4v) is 4.25. The molecule has 0 aliphatic heterocycles. The number of benzene rings is 2. The highest BCUT2D eigenvalue weighted by Gasteiger charge is 2.26. The lowest BCUT2D eigenvalue weighted by molar-refractivity contribution is -0.136. The van der Waals surface area contributed by atoms with Gasteiger partial charge in [-0.2, -0.15) is 0 Å². The monoisotopic (exact) mass is 568 g/mol. The molecule has 0 amide bonds. The first-order valence-electron chi connectivity index (χ1n) is 14.4. The summed E-state index contributed by atoms with van der Waals surface area (Å²) in [7, 11) is 0. The topological polar surface area (TPSA) is 105 Å². The normalized spacial score (nSPS) is 11.5. The van der Waals surface area contributed by atoms with Crippen LogP contribution in [0.3, 0.4) is 0 Å². The summed E-state index contributed by atoms with van der Waals surface area (Å²) in [6.07, 6.45) is 5.07. The van der Waals surface area contributed by atoms with Crippen molar-refractivity contribution in [3.8, 4) is 11.5 Å². The second-order valence-electron chi connectivity index (χ2n) is 11.3. The van der Waals surface area contributed by atoms with Gasteiger partial charge in [-0.05, 0) is 84.1 Å². The molecule has 0 aromatic heterocycles. The van der Waals surface area contributed by atoms with Crippen LogP contribution in [0.1, 0.15) is 120 Å². The molecule has 0 spiro atoms. The first kappa shape index (κ1) is 33.5. The van der Waals surface area contributed by atoms with Gasteiger partial charge in [0.2, 0.25) is 0 Å². The van der Waals surface area contributed by atoms with Gasteiger partial charge >= 0.3 is 23.9 Å². The number of para-hydroxylation sites is 2. The molecule has 0 N–H and O–H groups in total. The molecular formula is C33H44O8. The van der Waals surface area contributed by atoms with Gasteiger partial charge in [0.25, 0.3) is 0 Å². The van der Waals surface area contributed by atoms with E-state index in [0.717, 1.165) is 25.7 Å². The third-order valence-electron chi connectivity index (χ3n) is 6.40. The fourth-order valence-electron chi connectivity index (χ4n) is 4.25. The summed E-state index contributed by atoms with van der Waals surface area (Å²) in [5, 5.41) is 0. The molecule has 2 rings (SSSR count). The zero-order chi connectivity index (χ0) is 30.5. The van der Waals surface area contributed by atoms with Crippen LogP contribution in [0.2, 0.25) is 0 Å². The maximum absolute atomic E-state index is 12.8. The highest BCUT2D eigenvalue weighted by Crippen LogP contribution is 2.26. The van der Waals surface area contributed by atoms with E-state index >= 15 is 0 Å². The van der Waals surface area contributed by atoms with Gasteiger partial charge < -0.3 is 18.9 Å². The molecule has 41 heavy (non-hydrogen) atoms. The van der Waals surface area contributed by atoms with Gasteiger partial charge in [0.05, 0.1) is 0 Å². The van der Waals surface area contributed by atoms with Gasteiger partial charge in [-0.25, -0.2) is 9.59 Å². The Morgan fingerprint density at radius 3 is 1.41 bits per heavy atom. The lowest BCUT2D eigenvalue weighted by Gasteiger charge is -2.25. The van der Waals surface area contributed by atoms with E-state index in [1.165, 1.54) is 0 Å². The van der Waals surface area contributed by atoms with Crippen LogP contribution in [0, 0.1) is 0 Å². The quantitative estimate of drug-likeness (QED) is 0.116. The van der Waals surface area contributed by atoms with E-state index in [9.17, 15) is 19.2 Å². The van der Waals surface area contributed by atoms with E-state index in [1.54, 1.807) is 48.5 Å². The maximum Gasteiger partial charge on any atom is 0.342 e.